The van der Waals surface area contributed by atoms with Gasteiger partial charge in [-0.15, -0.1) is 11.8 Å². The SMILES string of the molecule is COc1ccc(CSCC(=O)N(C)CC(=O)O)cc1[N+](=O)[O-]. The van der Waals surface area contributed by atoms with Gasteiger partial charge in [-0.2, -0.15) is 0 Å². The molecule has 0 atom stereocenters. The first kappa shape index (κ1) is 17.8. The summed E-state index contributed by atoms with van der Waals surface area (Å²) < 4.78 is 4.91. The number of carboxylic acids is 1. The van der Waals surface area contributed by atoms with Crippen LogP contribution in [0.5, 0.6) is 5.75 Å². The molecular weight excluding hydrogens is 312 g/mol. The number of carbonyl (C=O) groups excluding carboxylic acids is 1. The van der Waals surface area contributed by atoms with Crippen LogP contribution in [0, 0.1) is 10.1 Å². The van der Waals surface area contributed by atoms with Crippen LogP contribution in [0.3, 0.4) is 0 Å². The van der Waals surface area contributed by atoms with E-state index in [0.29, 0.717) is 11.3 Å². The molecule has 0 spiro atoms. The number of amides is 1. The fourth-order valence-electron chi connectivity index (χ4n) is 1.63. The van der Waals surface area contributed by atoms with Gasteiger partial charge in [0.2, 0.25) is 5.91 Å². The van der Waals surface area contributed by atoms with E-state index < -0.39 is 10.9 Å². The maximum Gasteiger partial charge on any atom is 0.323 e. The highest BCUT2D eigenvalue weighted by Crippen LogP contribution is 2.28. The number of rotatable bonds is 8. The van der Waals surface area contributed by atoms with Crippen molar-refractivity contribution in [1.29, 1.82) is 0 Å². The number of aliphatic carboxylic acids is 1. The van der Waals surface area contributed by atoms with Crippen LogP contribution in [0.25, 0.3) is 0 Å². The molecule has 0 saturated heterocycles. The molecule has 0 aliphatic carbocycles. The second-order valence-electron chi connectivity index (χ2n) is 4.40. The molecule has 0 aromatic heterocycles. The number of hydrogen-bond donors (Lipinski definition) is 1. The molecule has 1 amide bonds. The fourth-order valence-corrected chi connectivity index (χ4v) is 2.54. The summed E-state index contributed by atoms with van der Waals surface area (Å²) in [5.41, 5.74) is 0.557. The van der Waals surface area contributed by atoms with Gasteiger partial charge in [0.25, 0.3) is 0 Å². The minimum Gasteiger partial charge on any atom is -0.490 e. The smallest absolute Gasteiger partial charge is 0.323 e. The van der Waals surface area contributed by atoms with Crippen molar-refractivity contribution in [3.05, 3.63) is 33.9 Å². The molecule has 1 N–H and O–H groups in total. The third kappa shape index (κ3) is 5.24. The van der Waals surface area contributed by atoms with E-state index in [1.807, 2.05) is 0 Å². The lowest BCUT2D eigenvalue weighted by Gasteiger charge is -2.14. The number of methoxy groups -OCH3 is 1. The molecule has 0 fully saturated rings. The highest BCUT2D eigenvalue weighted by Gasteiger charge is 2.16. The lowest BCUT2D eigenvalue weighted by Crippen LogP contribution is -2.33. The molecule has 0 unspecified atom stereocenters. The van der Waals surface area contributed by atoms with Crippen molar-refractivity contribution in [3.63, 3.8) is 0 Å². The van der Waals surface area contributed by atoms with Crippen molar-refractivity contribution >= 4 is 29.3 Å². The molecule has 0 bridgehead atoms. The standard InChI is InChI=1S/C13H16N2O6S/c1-14(6-13(17)18)12(16)8-22-7-9-3-4-11(21-2)10(5-9)15(19)20/h3-5H,6-8H2,1-2H3,(H,17,18). The molecule has 9 heteroatoms. The highest BCUT2D eigenvalue weighted by atomic mass is 32.2. The Bertz CT molecular complexity index is 578. The summed E-state index contributed by atoms with van der Waals surface area (Å²) in [6.07, 6.45) is 0. The van der Waals surface area contributed by atoms with E-state index >= 15 is 0 Å². The van der Waals surface area contributed by atoms with E-state index in [4.69, 9.17) is 9.84 Å². The molecular formula is C13H16N2O6S. The Kier molecular flexibility index (Phi) is 6.64. The fraction of sp³-hybridized carbons (Fsp3) is 0.385. The molecule has 8 nitrogen and oxygen atoms in total. The van der Waals surface area contributed by atoms with Crippen LogP contribution in [0.15, 0.2) is 18.2 Å². The van der Waals surface area contributed by atoms with Gasteiger partial charge in [0, 0.05) is 18.9 Å². The second kappa shape index (κ2) is 8.23. The summed E-state index contributed by atoms with van der Waals surface area (Å²) in [4.78, 5) is 33.6. The Morgan fingerprint density at radius 1 is 1.45 bits per heavy atom. The summed E-state index contributed by atoms with van der Waals surface area (Å²) in [5.74, 6) is -0.709. The van der Waals surface area contributed by atoms with Gasteiger partial charge in [0.15, 0.2) is 5.75 Å². The minimum atomic E-state index is -1.08. The van der Waals surface area contributed by atoms with Crippen LogP contribution in [-0.2, 0) is 15.3 Å². The van der Waals surface area contributed by atoms with Crippen LogP contribution in [0.4, 0.5) is 5.69 Å². The van der Waals surface area contributed by atoms with Gasteiger partial charge in [0.05, 0.1) is 17.8 Å². The van der Waals surface area contributed by atoms with Gasteiger partial charge in [-0.1, -0.05) is 6.07 Å². The van der Waals surface area contributed by atoms with Gasteiger partial charge in [-0.25, -0.2) is 0 Å². The van der Waals surface area contributed by atoms with Crippen molar-refractivity contribution in [2.24, 2.45) is 0 Å². The van der Waals surface area contributed by atoms with Crippen molar-refractivity contribution < 1.29 is 24.4 Å². The van der Waals surface area contributed by atoms with Crippen molar-refractivity contribution in [2.45, 2.75) is 5.75 Å². The van der Waals surface area contributed by atoms with Gasteiger partial charge >= 0.3 is 11.7 Å². The van der Waals surface area contributed by atoms with E-state index in [1.165, 1.54) is 38.1 Å². The number of nitro groups is 1. The minimum absolute atomic E-state index is 0.101. The second-order valence-corrected chi connectivity index (χ2v) is 5.39. The summed E-state index contributed by atoms with van der Waals surface area (Å²) in [5, 5.41) is 19.5. The molecule has 0 aliphatic rings. The molecule has 120 valence electrons. The van der Waals surface area contributed by atoms with Crippen molar-refractivity contribution in [3.8, 4) is 5.75 Å². The highest BCUT2D eigenvalue weighted by molar-refractivity contribution is 7.99. The number of carboxylic acid groups (broad SMARTS) is 1. The number of nitrogens with zero attached hydrogens (tertiary/aromatic N) is 2. The van der Waals surface area contributed by atoms with E-state index in [0.717, 1.165) is 4.90 Å². The molecule has 0 radical (unpaired) electrons. The molecule has 22 heavy (non-hydrogen) atoms. The number of thioether (sulfide) groups is 1. The Balaban J connectivity index is 2.58. The Morgan fingerprint density at radius 2 is 2.14 bits per heavy atom. The maximum absolute atomic E-state index is 11.7. The third-order valence-electron chi connectivity index (χ3n) is 2.73. The third-order valence-corrected chi connectivity index (χ3v) is 3.72. The average Bonchev–Trinajstić information content (AvgIpc) is 2.46. The molecule has 0 saturated carbocycles. The van der Waals surface area contributed by atoms with Crippen molar-refractivity contribution in [2.75, 3.05) is 26.5 Å². The van der Waals surface area contributed by atoms with E-state index in [2.05, 4.69) is 0 Å². The maximum atomic E-state index is 11.7. The average molecular weight is 328 g/mol. The summed E-state index contributed by atoms with van der Waals surface area (Å²) in [6, 6.07) is 4.59. The van der Waals surface area contributed by atoms with Crippen molar-refractivity contribution in [1.82, 2.24) is 4.90 Å². The molecule has 1 rings (SSSR count). The Labute approximate surface area is 131 Å². The monoisotopic (exact) mass is 328 g/mol. The zero-order chi connectivity index (χ0) is 16.7. The first-order chi connectivity index (χ1) is 10.3. The number of hydrogen-bond acceptors (Lipinski definition) is 6. The quantitative estimate of drug-likeness (QED) is 0.567. The topological polar surface area (TPSA) is 110 Å². The van der Waals surface area contributed by atoms with Crippen LogP contribution >= 0.6 is 11.8 Å². The van der Waals surface area contributed by atoms with Crippen LogP contribution < -0.4 is 4.74 Å². The molecule has 0 heterocycles. The summed E-state index contributed by atoms with van der Waals surface area (Å²) in [7, 11) is 2.77. The van der Waals surface area contributed by atoms with Crippen LogP contribution in [0.1, 0.15) is 5.56 Å². The molecule has 0 aliphatic heterocycles. The van der Waals surface area contributed by atoms with E-state index in [1.54, 1.807) is 6.07 Å². The number of nitro benzene ring substituents is 1. The summed E-state index contributed by atoms with van der Waals surface area (Å²) in [6.45, 7) is -0.354. The largest absolute Gasteiger partial charge is 0.490 e. The number of ether oxygens (including phenoxy) is 1. The normalized spacial score (nSPS) is 10.1. The first-order valence-corrected chi connectivity index (χ1v) is 7.35. The zero-order valence-electron chi connectivity index (χ0n) is 12.1. The van der Waals surface area contributed by atoms with Crippen LogP contribution in [-0.4, -0.2) is 53.3 Å². The molecule has 1 aromatic carbocycles. The van der Waals surface area contributed by atoms with Gasteiger partial charge in [-0.05, 0) is 11.6 Å². The predicted molar refractivity (Wildman–Crippen MR) is 81.1 cm³/mol. The van der Waals surface area contributed by atoms with Gasteiger partial charge in [-0.3, -0.25) is 19.7 Å². The number of benzene rings is 1. The number of carbonyl (C=O) groups is 2. The predicted octanol–water partition coefficient (Wildman–Crippen LogP) is 1.38. The van der Waals surface area contributed by atoms with E-state index in [-0.39, 0.29) is 29.6 Å². The Hall–Kier alpha value is -2.29. The zero-order valence-corrected chi connectivity index (χ0v) is 13.0. The number of likely N-dealkylation sites (N-methyl/N-ethyl adjacent to an activating group) is 1. The van der Waals surface area contributed by atoms with Crippen LogP contribution in [0.2, 0.25) is 0 Å². The lowest BCUT2D eigenvalue weighted by molar-refractivity contribution is -0.385. The van der Waals surface area contributed by atoms with E-state index in [9.17, 15) is 19.7 Å². The lowest BCUT2D eigenvalue weighted by atomic mass is 10.2. The van der Waals surface area contributed by atoms with Gasteiger partial charge < -0.3 is 14.7 Å². The summed E-state index contributed by atoms with van der Waals surface area (Å²) >= 11 is 1.26. The van der Waals surface area contributed by atoms with Gasteiger partial charge in [0.1, 0.15) is 6.54 Å². The molecule has 1 aromatic rings. The Morgan fingerprint density at radius 3 is 2.68 bits per heavy atom. The first-order valence-electron chi connectivity index (χ1n) is 6.20.